The Kier molecular flexibility index (Phi) is 4.35. The van der Waals surface area contributed by atoms with Crippen molar-refractivity contribution in [1.29, 1.82) is 0 Å². The number of hydrogen-bond donors (Lipinski definition) is 0. The molecule has 4 aliphatic carbocycles. The van der Waals surface area contributed by atoms with E-state index in [1.165, 1.54) is 19.8 Å². The first kappa shape index (κ1) is 18.9. The molecule has 0 aromatic rings. The molecular formula is C23H34O5. The highest BCUT2D eigenvalue weighted by Crippen LogP contribution is 2.69. The van der Waals surface area contributed by atoms with Crippen molar-refractivity contribution >= 4 is 11.9 Å². The van der Waals surface area contributed by atoms with Crippen LogP contribution in [0.3, 0.4) is 0 Å². The maximum absolute atomic E-state index is 11.6. The van der Waals surface area contributed by atoms with Gasteiger partial charge in [-0.3, -0.25) is 9.59 Å². The van der Waals surface area contributed by atoms with Gasteiger partial charge in [0, 0.05) is 24.7 Å². The van der Waals surface area contributed by atoms with Gasteiger partial charge in [-0.2, -0.15) is 0 Å². The highest BCUT2D eigenvalue weighted by Gasteiger charge is 2.67. The molecular weight excluding hydrogens is 356 g/mol. The molecule has 9 atom stereocenters. The van der Waals surface area contributed by atoms with E-state index in [9.17, 15) is 9.59 Å². The Bertz CT molecular complexity index is 676. The molecule has 1 heterocycles. The number of ether oxygens (including phenoxy) is 3. The predicted molar refractivity (Wildman–Crippen MR) is 102 cm³/mol. The normalized spacial score (nSPS) is 51.6. The van der Waals surface area contributed by atoms with Crippen LogP contribution in [0, 0.1) is 34.5 Å². The van der Waals surface area contributed by atoms with Crippen LogP contribution in [0.1, 0.15) is 72.1 Å². The molecule has 5 rings (SSSR count). The first-order valence-corrected chi connectivity index (χ1v) is 11.3. The van der Waals surface area contributed by atoms with E-state index in [1.807, 2.05) is 0 Å². The van der Waals surface area contributed by atoms with Gasteiger partial charge in [0.1, 0.15) is 12.2 Å². The summed E-state index contributed by atoms with van der Waals surface area (Å²) in [6, 6.07) is 0. The standard InChI is InChI=1S/C23H34O5/c1-13(24)27-15-6-9-23-12-26-20(19(23)10-15)11-16-17-4-5-21(28-14(2)25)22(17,3)8-7-18(16)23/h15-21H,4-12H2,1-3H3/t15?,16-,17-,18-,19?,20+,21?,22-,23-/m0/s1. The minimum absolute atomic E-state index is 0.0741. The molecule has 0 amide bonds. The van der Waals surface area contributed by atoms with Crippen LogP contribution in [0.25, 0.3) is 0 Å². The summed E-state index contributed by atoms with van der Waals surface area (Å²) in [5.74, 6) is 2.30. The van der Waals surface area contributed by atoms with E-state index in [4.69, 9.17) is 14.2 Å². The SMILES string of the molecule is CC(=O)OC1CC[C@]23CO[C@H](C[C@@H]4[C@@H]2CC[C@]2(C)C(OC(C)=O)CC[C@@H]42)C3C1. The molecule has 156 valence electrons. The van der Waals surface area contributed by atoms with E-state index in [0.29, 0.717) is 29.8 Å². The molecule has 2 bridgehead atoms. The van der Waals surface area contributed by atoms with E-state index in [0.717, 1.165) is 45.1 Å². The molecule has 0 aromatic carbocycles. The first-order valence-electron chi connectivity index (χ1n) is 11.3. The Hall–Kier alpha value is -1.10. The Morgan fingerprint density at radius 2 is 1.68 bits per heavy atom. The molecule has 0 spiro atoms. The summed E-state index contributed by atoms with van der Waals surface area (Å²) in [6.45, 7) is 6.34. The third kappa shape index (κ3) is 2.60. The van der Waals surface area contributed by atoms with Crippen molar-refractivity contribution in [3.05, 3.63) is 0 Å². The van der Waals surface area contributed by atoms with Crippen LogP contribution in [0.4, 0.5) is 0 Å². The fourth-order valence-electron chi connectivity index (χ4n) is 8.42. The van der Waals surface area contributed by atoms with E-state index in [2.05, 4.69) is 6.92 Å². The van der Waals surface area contributed by atoms with E-state index < -0.39 is 0 Å². The van der Waals surface area contributed by atoms with E-state index in [-0.39, 0.29) is 35.0 Å². The fraction of sp³-hybridized carbons (Fsp3) is 0.913. The van der Waals surface area contributed by atoms with Gasteiger partial charge in [0.25, 0.3) is 0 Å². The highest BCUT2D eigenvalue weighted by atomic mass is 16.5. The lowest BCUT2D eigenvalue weighted by atomic mass is 9.45. The second kappa shape index (κ2) is 6.45. The molecule has 5 heteroatoms. The molecule has 0 N–H and O–H groups in total. The minimum atomic E-state index is -0.154. The van der Waals surface area contributed by atoms with E-state index >= 15 is 0 Å². The number of esters is 2. The van der Waals surface area contributed by atoms with Crippen LogP contribution in [0.15, 0.2) is 0 Å². The molecule has 5 aliphatic rings. The topological polar surface area (TPSA) is 61.8 Å². The number of carbonyl (C=O) groups is 2. The Morgan fingerprint density at radius 1 is 0.893 bits per heavy atom. The zero-order chi connectivity index (χ0) is 19.7. The van der Waals surface area contributed by atoms with Crippen LogP contribution in [-0.2, 0) is 23.8 Å². The van der Waals surface area contributed by atoms with Crippen molar-refractivity contribution in [3.63, 3.8) is 0 Å². The van der Waals surface area contributed by atoms with Gasteiger partial charge >= 0.3 is 11.9 Å². The summed E-state index contributed by atoms with van der Waals surface area (Å²) in [5, 5.41) is 0. The third-order valence-corrected chi connectivity index (χ3v) is 9.44. The van der Waals surface area contributed by atoms with Crippen molar-refractivity contribution < 1.29 is 23.8 Å². The second-order valence-electron chi connectivity index (χ2n) is 10.5. The summed E-state index contributed by atoms with van der Waals surface area (Å²) >= 11 is 0. The van der Waals surface area contributed by atoms with Gasteiger partial charge in [-0.05, 0) is 75.0 Å². The molecule has 1 aliphatic heterocycles. The van der Waals surface area contributed by atoms with Crippen LogP contribution >= 0.6 is 0 Å². The summed E-state index contributed by atoms with van der Waals surface area (Å²) in [7, 11) is 0. The molecule has 0 aromatic heterocycles. The van der Waals surface area contributed by atoms with Crippen molar-refractivity contribution in [3.8, 4) is 0 Å². The monoisotopic (exact) mass is 390 g/mol. The third-order valence-electron chi connectivity index (χ3n) is 9.44. The van der Waals surface area contributed by atoms with Crippen LogP contribution in [-0.4, -0.2) is 36.9 Å². The van der Waals surface area contributed by atoms with Gasteiger partial charge in [0.15, 0.2) is 0 Å². The lowest BCUT2D eigenvalue weighted by Gasteiger charge is -2.59. The lowest BCUT2D eigenvalue weighted by Crippen LogP contribution is -2.57. The molecule has 5 nitrogen and oxygen atoms in total. The largest absolute Gasteiger partial charge is 0.463 e. The number of fused-ring (bicyclic) bond motifs is 3. The van der Waals surface area contributed by atoms with Crippen LogP contribution < -0.4 is 0 Å². The van der Waals surface area contributed by atoms with Gasteiger partial charge in [-0.1, -0.05) is 6.92 Å². The summed E-state index contributed by atoms with van der Waals surface area (Å²) in [5.41, 5.74) is 0.412. The zero-order valence-corrected chi connectivity index (χ0v) is 17.4. The molecule has 5 fully saturated rings. The van der Waals surface area contributed by atoms with E-state index in [1.54, 1.807) is 6.92 Å². The van der Waals surface area contributed by atoms with Crippen molar-refractivity contribution in [1.82, 2.24) is 0 Å². The van der Waals surface area contributed by atoms with Crippen LogP contribution in [0.5, 0.6) is 0 Å². The first-order chi connectivity index (χ1) is 13.3. The average molecular weight is 391 g/mol. The Morgan fingerprint density at radius 3 is 2.43 bits per heavy atom. The Balaban J connectivity index is 1.39. The highest BCUT2D eigenvalue weighted by molar-refractivity contribution is 5.66. The molecule has 0 radical (unpaired) electrons. The lowest BCUT2D eigenvalue weighted by molar-refractivity contribution is -0.165. The van der Waals surface area contributed by atoms with Gasteiger partial charge in [-0.25, -0.2) is 0 Å². The van der Waals surface area contributed by atoms with Crippen LogP contribution in [0.2, 0.25) is 0 Å². The summed E-state index contributed by atoms with van der Waals surface area (Å²) in [6.07, 6.45) is 9.27. The molecule has 28 heavy (non-hydrogen) atoms. The van der Waals surface area contributed by atoms with Crippen molar-refractivity contribution in [2.75, 3.05) is 6.61 Å². The molecule has 3 unspecified atom stereocenters. The van der Waals surface area contributed by atoms with Crippen molar-refractivity contribution in [2.45, 2.75) is 90.4 Å². The average Bonchev–Trinajstić information content (AvgIpc) is 3.09. The molecule has 4 saturated carbocycles. The number of rotatable bonds is 2. The molecule has 1 saturated heterocycles. The second-order valence-corrected chi connectivity index (χ2v) is 10.5. The van der Waals surface area contributed by atoms with Gasteiger partial charge < -0.3 is 14.2 Å². The van der Waals surface area contributed by atoms with Crippen molar-refractivity contribution in [2.24, 2.45) is 34.5 Å². The summed E-state index contributed by atoms with van der Waals surface area (Å²) < 4.78 is 17.8. The number of carbonyl (C=O) groups excluding carboxylic acids is 2. The fourth-order valence-corrected chi connectivity index (χ4v) is 8.42. The maximum atomic E-state index is 11.6. The van der Waals surface area contributed by atoms with Gasteiger partial charge in [0.05, 0.1) is 12.7 Å². The summed E-state index contributed by atoms with van der Waals surface area (Å²) in [4.78, 5) is 23.1. The smallest absolute Gasteiger partial charge is 0.302 e. The number of hydrogen-bond acceptors (Lipinski definition) is 5. The predicted octanol–water partition coefficient (Wildman–Crippen LogP) is 3.88. The quantitative estimate of drug-likeness (QED) is 0.670. The van der Waals surface area contributed by atoms with Gasteiger partial charge in [0.2, 0.25) is 0 Å². The Labute approximate surface area is 167 Å². The van der Waals surface area contributed by atoms with Gasteiger partial charge in [-0.15, -0.1) is 0 Å². The minimum Gasteiger partial charge on any atom is -0.463 e. The zero-order valence-electron chi connectivity index (χ0n) is 17.4. The maximum Gasteiger partial charge on any atom is 0.302 e.